The molecule has 0 saturated heterocycles. The Balaban J connectivity index is 3.14. The zero-order valence-corrected chi connectivity index (χ0v) is 12.4. The van der Waals surface area contributed by atoms with Gasteiger partial charge < -0.3 is 5.32 Å². The first-order valence-electron chi connectivity index (χ1n) is 6.61. The topological polar surface area (TPSA) is 46.2 Å². The highest BCUT2D eigenvalue weighted by Gasteiger charge is 1.99. The second-order valence-corrected chi connectivity index (χ2v) is 5.77. The number of nitrogens with one attached hydrogen (secondary N) is 1. The Morgan fingerprint density at radius 2 is 1.56 bits per heavy atom. The molecule has 1 amide bonds. The highest BCUT2D eigenvalue weighted by Crippen LogP contribution is 2.09. The lowest BCUT2D eigenvalue weighted by molar-refractivity contribution is -0.117. The van der Waals surface area contributed by atoms with Crippen molar-refractivity contribution in [1.82, 2.24) is 5.32 Å². The van der Waals surface area contributed by atoms with E-state index >= 15 is 0 Å². The van der Waals surface area contributed by atoms with Crippen LogP contribution in [0.2, 0.25) is 0 Å². The second kappa shape index (κ2) is 11.3. The average molecular weight is 271 g/mol. The van der Waals surface area contributed by atoms with Crippen LogP contribution < -0.4 is 5.32 Å². The van der Waals surface area contributed by atoms with Crippen molar-refractivity contribution in [3.05, 3.63) is 12.2 Å². The molecular formula is C14H25NO2S. The summed E-state index contributed by atoms with van der Waals surface area (Å²) in [5, 5.41) is 3.04. The van der Waals surface area contributed by atoms with Crippen LogP contribution >= 0.6 is 11.8 Å². The van der Waals surface area contributed by atoms with Crippen LogP contribution in [-0.4, -0.2) is 23.3 Å². The van der Waals surface area contributed by atoms with Gasteiger partial charge >= 0.3 is 0 Å². The van der Waals surface area contributed by atoms with Crippen LogP contribution in [0.15, 0.2) is 12.2 Å². The summed E-state index contributed by atoms with van der Waals surface area (Å²) in [6.45, 7) is 7.66. The molecule has 0 aliphatic carbocycles. The Labute approximate surface area is 115 Å². The van der Waals surface area contributed by atoms with Crippen molar-refractivity contribution in [3.63, 3.8) is 0 Å². The van der Waals surface area contributed by atoms with E-state index in [0.29, 0.717) is 5.57 Å². The molecule has 0 aromatic rings. The summed E-state index contributed by atoms with van der Waals surface area (Å²) >= 11 is 1.41. The quantitative estimate of drug-likeness (QED) is 0.490. The standard InChI is InChI=1S/C14H25NO2S/c1-12(2)14(17)15-10-8-6-4-5-7-9-11-18-13(3)16/h1,4-11H2,2-3H3,(H,15,17). The van der Waals surface area contributed by atoms with E-state index in [0.717, 1.165) is 31.6 Å². The Morgan fingerprint density at radius 1 is 1.00 bits per heavy atom. The van der Waals surface area contributed by atoms with E-state index in [1.54, 1.807) is 13.8 Å². The summed E-state index contributed by atoms with van der Waals surface area (Å²) in [6, 6.07) is 0. The first-order valence-corrected chi connectivity index (χ1v) is 7.59. The molecule has 0 spiro atoms. The minimum absolute atomic E-state index is 0.0451. The number of hydrogen-bond donors (Lipinski definition) is 1. The van der Waals surface area contributed by atoms with Crippen LogP contribution in [0.1, 0.15) is 52.4 Å². The SMILES string of the molecule is C=C(C)C(=O)NCCCCCCCCSC(C)=O. The molecule has 0 aromatic carbocycles. The fraction of sp³-hybridized carbons (Fsp3) is 0.714. The lowest BCUT2D eigenvalue weighted by Gasteiger charge is -2.04. The fourth-order valence-corrected chi connectivity index (χ4v) is 2.14. The molecule has 0 radical (unpaired) electrons. The zero-order valence-electron chi connectivity index (χ0n) is 11.6. The number of carbonyl (C=O) groups excluding carboxylic acids is 2. The number of thioether (sulfide) groups is 1. The van der Waals surface area contributed by atoms with Gasteiger partial charge in [-0.1, -0.05) is 44.0 Å². The molecule has 3 nitrogen and oxygen atoms in total. The van der Waals surface area contributed by atoms with Crippen molar-refractivity contribution in [2.24, 2.45) is 0 Å². The maximum atomic E-state index is 11.2. The molecule has 0 fully saturated rings. The maximum absolute atomic E-state index is 11.2. The Bertz CT molecular complexity index is 277. The highest BCUT2D eigenvalue weighted by atomic mass is 32.2. The summed E-state index contributed by atoms with van der Waals surface area (Å²) < 4.78 is 0. The minimum atomic E-state index is -0.0451. The van der Waals surface area contributed by atoms with Gasteiger partial charge in [0.25, 0.3) is 0 Å². The third-order valence-corrected chi connectivity index (χ3v) is 3.45. The Hall–Kier alpha value is -0.770. The molecule has 4 heteroatoms. The van der Waals surface area contributed by atoms with E-state index < -0.39 is 0 Å². The van der Waals surface area contributed by atoms with Crippen LogP contribution in [-0.2, 0) is 9.59 Å². The smallest absolute Gasteiger partial charge is 0.246 e. The third-order valence-electron chi connectivity index (χ3n) is 2.55. The first kappa shape index (κ1) is 17.2. The molecule has 0 atom stereocenters. The van der Waals surface area contributed by atoms with Crippen LogP contribution in [0.5, 0.6) is 0 Å². The van der Waals surface area contributed by atoms with E-state index in [1.807, 2.05) is 0 Å². The third kappa shape index (κ3) is 11.7. The molecule has 0 aliphatic heterocycles. The number of unbranched alkanes of at least 4 members (excludes halogenated alkanes) is 5. The van der Waals surface area contributed by atoms with E-state index in [-0.39, 0.29) is 11.0 Å². The lowest BCUT2D eigenvalue weighted by Crippen LogP contribution is -2.24. The van der Waals surface area contributed by atoms with Gasteiger partial charge in [-0.2, -0.15) is 0 Å². The summed E-state index contributed by atoms with van der Waals surface area (Å²) in [5.74, 6) is 0.903. The predicted molar refractivity (Wildman–Crippen MR) is 78.7 cm³/mol. The predicted octanol–water partition coefficient (Wildman–Crippen LogP) is 3.30. The van der Waals surface area contributed by atoms with Crippen LogP contribution in [0, 0.1) is 0 Å². The summed E-state index contributed by atoms with van der Waals surface area (Å²) in [6.07, 6.45) is 6.91. The number of hydrogen-bond acceptors (Lipinski definition) is 3. The fourth-order valence-electron chi connectivity index (χ4n) is 1.50. The molecule has 18 heavy (non-hydrogen) atoms. The van der Waals surface area contributed by atoms with Crippen molar-refractivity contribution < 1.29 is 9.59 Å². The maximum Gasteiger partial charge on any atom is 0.246 e. The van der Waals surface area contributed by atoms with Crippen molar-refractivity contribution in [3.8, 4) is 0 Å². The second-order valence-electron chi connectivity index (χ2n) is 4.50. The normalized spacial score (nSPS) is 10.1. The summed E-state index contributed by atoms with van der Waals surface area (Å²) in [7, 11) is 0. The van der Waals surface area contributed by atoms with Gasteiger partial charge in [0.05, 0.1) is 0 Å². The van der Waals surface area contributed by atoms with Gasteiger partial charge in [0.1, 0.15) is 0 Å². The van der Waals surface area contributed by atoms with Crippen LogP contribution in [0.3, 0.4) is 0 Å². The molecule has 0 aromatic heterocycles. The molecule has 0 rings (SSSR count). The molecule has 0 heterocycles. The molecule has 0 aliphatic rings. The monoisotopic (exact) mass is 271 g/mol. The highest BCUT2D eigenvalue weighted by molar-refractivity contribution is 8.13. The number of rotatable bonds is 10. The van der Waals surface area contributed by atoms with Gasteiger partial charge in [0.2, 0.25) is 5.91 Å². The average Bonchev–Trinajstić information content (AvgIpc) is 2.30. The number of carbonyl (C=O) groups is 2. The lowest BCUT2D eigenvalue weighted by atomic mass is 10.1. The van der Waals surface area contributed by atoms with Gasteiger partial charge in [-0.25, -0.2) is 0 Å². The summed E-state index contributed by atoms with van der Waals surface area (Å²) in [5.41, 5.74) is 0.568. The Kier molecular flexibility index (Phi) is 10.8. The molecule has 1 N–H and O–H groups in total. The van der Waals surface area contributed by atoms with E-state index in [4.69, 9.17) is 0 Å². The molecule has 0 saturated carbocycles. The van der Waals surface area contributed by atoms with E-state index in [2.05, 4.69) is 11.9 Å². The molecule has 0 bridgehead atoms. The summed E-state index contributed by atoms with van der Waals surface area (Å²) in [4.78, 5) is 21.8. The molecule has 104 valence electrons. The Morgan fingerprint density at radius 3 is 2.11 bits per heavy atom. The minimum Gasteiger partial charge on any atom is -0.352 e. The van der Waals surface area contributed by atoms with Crippen molar-refractivity contribution in [2.75, 3.05) is 12.3 Å². The zero-order chi connectivity index (χ0) is 13.8. The van der Waals surface area contributed by atoms with E-state index in [9.17, 15) is 9.59 Å². The van der Waals surface area contributed by atoms with Gasteiger partial charge in [0, 0.05) is 24.8 Å². The van der Waals surface area contributed by atoms with Gasteiger partial charge in [-0.05, 0) is 19.8 Å². The first-order chi connectivity index (χ1) is 8.54. The van der Waals surface area contributed by atoms with Crippen LogP contribution in [0.4, 0.5) is 0 Å². The molecule has 0 unspecified atom stereocenters. The number of amides is 1. The van der Waals surface area contributed by atoms with Crippen molar-refractivity contribution in [1.29, 1.82) is 0 Å². The van der Waals surface area contributed by atoms with E-state index in [1.165, 1.54) is 31.0 Å². The van der Waals surface area contributed by atoms with Gasteiger partial charge in [-0.15, -0.1) is 0 Å². The van der Waals surface area contributed by atoms with Crippen molar-refractivity contribution >= 4 is 22.8 Å². The van der Waals surface area contributed by atoms with Gasteiger partial charge in [0.15, 0.2) is 5.12 Å². The van der Waals surface area contributed by atoms with Gasteiger partial charge in [-0.3, -0.25) is 9.59 Å². The largest absolute Gasteiger partial charge is 0.352 e. The van der Waals surface area contributed by atoms with Crippen LogP contribution in [0.25, 0.3) is 0 Å². The molecular weight excluding hydrogens is 246 g/mol. The van der Waals surface area contributed by atoms with Crippen molar-refractivity contribution in [2.45, 2.75) is 52.4 Å².